The van der Waals surface area contributed by atoms with Crippen molar-refractivity contribution in [2.24, 2.45) is 0 Å². The number of aryl methyl sites for hydroxylation is 2. The van der Waals surface area contributed by atoms with Crippen LogP contribution in [0, 0.1) is 13.8 Å². The molecule has 3 rings (SSSR count). The molecule has 26 heavy (non-hydrogen) atoms. The first-order chi connectivity index (χ1) is 12.5. The predicted molar refractivity (Wildman–Crippen MR) is 103 cm³/mol. The first-order valence-corrected chi connectivity index (χ1v) is 8.64. The number of carboxylic acid groups (broad SMARTS) is 1. The Balaban J connectivity index is 2.15. The maximum absolute atomic E-state index is 11.1. The van der Waals surface area contributed by atoms with Gasteiger partial charge in [-0.05, 0) is 79.4 Å². The van der Waals surface area contributed by atoms with Gasteiger partial charge in [0.15, 0.2) is 0 Å². The Morgan fingerprint density at radius 1 is 1.04 bits per heavy atom. The summed E-state index contributed by atoms with van der Waals surface area (Å²) in [5.74, 6) is 0.0226. The fraction of sp³-hybridized carbons (Fsp3) is 0.227. The topological polar surface area (TPSA) is 51.5 Å². The maximum Gasteiger partial charge on any atom is 0.303 e. The normalized spacial score (nSPS) is 10.7. The molecular formula is C22H23NO3. The van der Waals surface area contributed by atoms with Crippen molar-refractivity contribution >= 4 is 5.97 Å². The second-order valence-electron chi connectivity index (χ2n) is 6.39. The molecule has 3 aromatic rings. The lowest BCUT2D eigenvalue weighted by molar-refractivity contribution is -0.136. The summed E-state index contributed by atoms with van der Waals surface area (Å²) in [4.78, 5) is 11.1. The molecule has 0 aliphatic carbocycles. The van der Waals surface area contributed by atoms with Gasteiger partial charge in [-0.1, -0.05) is 12.1 Å². The van der Waals surface area contributed by atoms with Crippen LogP contribution >= 0.6 is 0 Å². The highest BCUT2D eigenvalue weighted by molar-refractivity contribution is 5.68. The lowest BCUT2D eigenvalue weighted by atomic mass is 10.1. The highest BCUT2D eigenvalue weighted by Gasteiger charge is 2.15. The van der Waals surface area contributed by atoms with Gasteiger partial charge in [-0.15, -0.1) is 0 Å². The monoisotopic (exact) mass is 349 g/mol. The summed E-state index contributed by atoms with van der Waals surface area (Å²) < 4.78 is 7.43. The van der Waals surface area contributed by atoms with Crippen LogP contribution in [0.25, 0.3) is 16.9 Å². The van der Waals surface area contributed by atoms with E-state index < -0.39 is 5.97 Å². The Bertz CT molecular complexity index is 923. The lowest BCUT2D eigenvalue weighted by Gasteiger charge is -2.17. The van der Waals surface area contributed by atoms with Crippen LogP contribution in [-0.4, -0.2) is 22.8 Å². The van der Waals surface area contributed by atoms with Crippen molar-refractivity contribution in [2.75, 3.05) is 7.11 Å². The van der Waals surface area contributed by atoms with E-state index in [4.69, 9.17) is 9.84 Å². The average molecular weight is 349 g/mol. The molecule has 0 saturated heterocycles. The summed E-state index contributed by atoms with van der Waals surface area (Å²) in [6, 6.07) is 18.2. The summed E-state index contributed by atoms with van der Waals surface area (Å²) >= 11 is 0. The highest BCUT2D eigenvalue weighted by Crippen LogP contribution is 2.30. The molecule has 2 aromatic carbocycles. The molecule has 0 atom stereocenters. The van der Waals surface area contributed by atoms with E-state index in [2.05, 4.69) is 36.6 Å². The molecule has 1 aromatic heterocycles. The Hall–Kier alpha value is -3.01. The zero-order valence-corrected chi connectivity index (χ0v) is 15.3. The fourth-order valence-corrected chi connectivity index (χ4v) is 3.16. The number of aromatic nitrogens is 1. The van der Waals surface area contributed by atoms with E-state index in [0.717, 1.165) is 28.4 Å². The number of carbonyl (C=O) groups is 1. The first-order valence-electron chi connectivity index (χ1n) is 8.64. The summed E-state index contributed by atoms with van der Waals surface area (Å²) in [5, 5.41) is 9.09. The second-order valence-corrected chi connectivity index (χ2v) is 6.39. The minimum atomic E-state index is -0.787. The summed E-state index contributed by atoms with van der Waals surface area (Å²) in [6.07, 6.45) is 0.593. The minimum Gasteiger partial charge on any atom is -0.497 e. The zero-order chi connectivity index (χ0) is 18.7. The predicted octanol–water partition coefficient (Wildman–Crippen LogP) is 4.79. The number of hydrogen-bond donors (Lipinski definition) is 1. The third kappa shape index (κ3) is 3.49. The van der Waals surface area contributed by atoms with E-state index in [1.54, 1.807) is 7.11 Å². The van der Waals surface area contributed by atoms with Crippen molar-refractivity contribution in [3.8, 4) is 22.7 Å². The minimum absolute atomic E-state index is 0.108. The van der Waals surface area contributed by atoms with Gasteiger partial charge in [0.1, 0.15) is 5.75 Å². The standard InChI is InChI=1S/C22H23NO3/c1-15-5-4-6-20(16(15)2)23-18(10-14-22(24)25)9-13-21(23)17-7-11-19(26-3)12-8-17/h4-9,11-13H,10,14H2,1-3H3,(H,24,25). The number of methoxy groups -OCH3 is 1. The van der Waals surface area contributed by atoms with Crippen LogP contribution in [0.1, 0.15) is 23.2 Å². The van der Waals surface area contributed by atoms with Crippen molar-refractivity contribution in [3.63, 3.8) is 0 Å². The van der Waals surface area contributed by atoms with Gasteiger partial charge in [-0.3, -0.25) is 4.79 Å². The van der Waals surface area contributed by atoms with Crippen LogP contribution in [0.4, 0.5) is 0 Å². The summed E-state index contributed by atoms with van der Waals surface area (Å²) in [6.45, 7) is 4.19. The Morgan fingerprint density at radius 3 is 2.42 bits per heavy atom. The molecule has 4 heteroatoms. The Morgan fingerprint density at radius 2 is 1.77 bits per heavy atom. The first kappa shape index (κ1) is 17.8. The van der Waals surface area contributed by atoms with E-state index in [0.29, 0.717) is 6.42 Å². The third-order valence-corrected chi connectivity index (χ3v) is 4.76. The van der Waals surface area contributed by atoms with Crippen LogP contribution in [0.5, 0.6) is 5.75 Å². The van der Waals surface area contributed by atoms with Gasteiger partial charge in [0, 0.05) is 11.4 Å². The Kier molecular flexibility index (Phi) is 5.12. The van der Waals surface area contributed by atoms with Crippen LogP contribution in [0.15, 0.2) is 54.6 Å². The fourth-order valence-electron chi connectivity index (χ4n) is 3.16. The van der Waals surface area contributed by atoms with Crippen LogP contribution in [0.3, 0.4) is 0 Å². The van der Waals surface area contributed by atoms with E-state index in [1.165, 1.54) is 11.1 Å². The molecule has 4 nitrogen and oxygen atoms in total. The largest absolute Gasteiger partial charge is 0.497 e. The number of rotatable bonds is 6. The molecular weight excluding hydrogens is 326 g/mol. The van der Waals surface area contributed by atoms with E-state index in [9.17, 15) is 4.79 Å². The summed E-state index contributed by atoms with van der Waals surface area (Å²) in [5.41, 5.74) is 6.58. The van der Waals surface area contributed by atoms with Gasteiger partial charge < -0.3 is 14.4 Å². The zero-order valence-electron chi connectivity index (χ0n) is 15.3. The molecule has 0 unspecified atom stereocenters. The van der Waals surface area contributed by atoms with Crippen molar-refractivity contribution in [1.82, 2.24) is 4.57 Å². The van der Waals surface area contributed by atoms with Gasteiger partial charge in [0.05, 0.1) is 19.2 Å². The molecule has 1 heterocycles. The van der Waals surface area contributed by atoms with Gasteiger partial charge in [-0.2, -0.15) is 0 Å². The molecule has 1 N–H and O–H groups in total. The number of benzene rings is 2. The number of nitrogens with zero attached hydrogens (tertiary/aromatic N) is 1. The maximum atomic E-state index is 11.1. The van der Waals surface area contributed by atoms with Gasteiger partial charge >= 0.3 is 5.97 Å². The molecule has 0 radical (unpaired) electrons. The average Bonchev–Trinajstić information content (AvgIpc) is 3.06. The van der Waals surface area contributed by atoms with E-state index in [1.807, 2.05) is 36.4 Å². The summed E-state index contributed by atoms with van der Waals surface area (Å²) in [7, 11) is 1.65. The second kappa shape index (κ2) is 7.48. The number of carboxylic acids is 1. The van der Waals surface area contributed by atoms with Crippen molar-refractivity contribution < 1.29 is 14.6 Å². The van der Waals surface area contributed by atoms with Gasteiger partial charge in [-0.25, -0.2) is 0 Å². The number of ether oxygens (including phenoxy) is 1. The van der Waals surface area contributed by atoms with Crippen LogP contribution in [-0.2, 0) is 11.2 Å². The van der Waals surface area contributed by atoms with Crippen molar-refractivity contribution in [1.29, 1.82) is 0 Å². The molecule has 0 amide bonds. The molecule has 0 fully saturated rings. The Labute approximate surface area is 153 Å². The molecule has 0 aliphatic heterocycles. The third-order valence-electron chi connectivity index (χ3n) is 4.76. The molecule has 0 aliphatic rings. The molecule has 0 bridgehead atoms. The number of aliphatic carboxylic acids is 1. The van der Waals surface area contributed by atoms with Crippen molar-refractivity contribution in [2.45, 2.75) is 26.7 Å². The van der Waals surface area contributed by atoms with Gasteiger partial charge in [0.25, 0.3) is 0 Å². The number of hydrogen-bond acceptors (Lipinski definition) is 2. The van der Waals surface area contributed by atoms with E-state index >= 15 is 0 Å². The molecule has 134 valence electrons. The lowest BCUT2D eigenvalue weighted by Crippen LogP contribution is -2.07. The smallest absolute Gasteiger partial charge is 0.303 e. The quantitative estimate of drug-likeness (QED) is 0.696. The highest BCUT2D eigenvalue weighted by atomic mass is 16.5. The van der Waals surface area contributed by atoms with Gasteiger partial charge in [0.2, 0.25) is 0 Å². The van der Waals surface area contributed by atoms with E-state index in [-0.39, 0.29) is 6.42 Å². The van der Waals surface area contributed by atoms with Crippen LogP contribution in [0.2, 0.25) is 0 Å². The van der Waals surface area contributed by atoms with Crippen LogP contribution < -0.4 is 4.74 Å². The molecule has 0 saturated carbocycles. The molecule has 0 spiro atoms. The van der Waals surface area contributed by atoms with Crippen molar-refractivity contribution in [3.05, 3.63) is 71.4 Å². The SMILES string of the molecule is COc1ccc(-c2ccc(CCC(=O)O)n2-c2cccc(C)c2C)cc1.